The minimum Gasteiger partial charge on any atom is -0.0651 e. The van der Waals surface area contributed by atoms with E-state index < -0.39 is 0 Å². The van der Waals surface area contributed by atoms with Crippen LogP contribution in [0.4, 0.5) is 0 Å². The Labute approximate surface area is 116 Å². The highest BCUT2D eigenvalue weighted by Gasteiger charge is 2.73. The number of rotatable bonds is 6. The summed E-state index contributed by atoms with van der Waals surface area (Å²) in [4.78, 5) is 0. The van der Waals surface area contributed by atoms with Crippen LogP contribution in [0.15, 0.2) is 0 Å². The molecule has 108 valence electrons. The molecule has 1 aliphatic rings. The van der Waals surface area contributed by atoms with Gasteiger partial charge in [-0.3, -0.25) is 0 Å². The van der Waals surface area contributed by atoms with E-state index in [9.17, 15) is 0 Å². The normalized spacial score (nSPS) is 39.5. The highest BCUT2D eigenvalue weighted by atomic mass is 14.8. The summed E-state index contributed by atoms with van der Waals surface area (Å²) in [5.74, 6) is 2.57. The first kappa shape index (κ1) is 16.1. The lowest BCUT2D eigenvalue weighted by atomic mass is 9.66. The van der Waals surface area contributed by atoms with Gasteiger partial charge < -0.3 is 0 Å². The fraction of sp³-hybridized carbons (Fsp3) is 1.00. The van der Waals surface area contributed by atoms with Crippen LogP contribution in [0.2, 0.25) is 0 Å². The van der Waals surface area contributed by atoms with E-state index in [-0.39, 0.29) is 0 Å². The smallest absolute Gasteiger partial charge is 0.0202 e. The molecule has 0 nitrogen and oxygen atoms in total. The van der Waals surface area contributed by atoms with Gasteiger partial charge in [0.2, 0.25) is 0 Å². The van der Waals surface area contributed by atoms with Crippen LogP contribution in [0.3, 0.4) is 0 Å². The molecular formula is C18H36. The first-order valence-electron chi connectivity index (χ1n) is 8.14. The van der Waals surface area contributed by atoms with Crippen molar-refractivity contribution in [3.63, 3.8) is 0 Å². The Morgan fingerprint density at radius 1 is 1.00 bits per heavy atom. The van der Waals surface area contributed by atoms with Crippen molar-refractivity contribution in [1.82, 2.24) is 0 Å². The van der Waals surface area contributed by atoms with Gasteiger partial charge in [0.25, 0.3) is 0 Å². The van der Waals surface area contributed by atoms with E-state index in [1.54, 1.807) is 0 Å². The van der Waals surface area contributed by atoms with Gasteiger partial charge in [0.15, 0.2) is 0 Å². The molecule has 0 spiro atoms. The molecule has 1 aliphatic carbocycles. The molecule has 1 rings (SSSR count). The van der Waals surface area contributed by atoms with E-state index in [2.05, 4.69) is 62.3 Å². The predicted octanol–water partition coefficient (Wildman–Crippen LogP) is 6.16. The molecule has 5 unspecified atom stereocenters. The van der Waals surface area contributed by atoms with Crippen LogP contribution >= 0.6 is 0 Å². The fourth-order valence-electron chi connectivity index (χ4n) is 5.00. The molecule has 0 radical (unpaired) electrons. The molecule has 0 heteroatoms. The third-order valence-electron chi connectivity index (χ3n) is 7.55. The van der Waals surface area contributed by atoms with Gasteiger partial charge >= 0.3 is 0 Å². The largest absolute Gasteiger partial charge is 0.0651 e. The second-order valence-electron chi connectivity index (χ2n) is 7.90. The third kappa shape index (κ3) is 1.86. The van der Waals surface area contributed by atoms with Crippen molar-refractivity contribution in [3.05, 3.63) is 0 Å². The molecule has 0 bridgehead atoms. The first-order valence-corrected chi connectivity index (χ1v) is 8.14. The number of hydrogen-bond donors (Lipinski definition) is 0. The van der Waals surface area contributed by atoms with Gasteiger partial charge in [0.1, 0.15) is 0 Å². The zero-order valence-corrected chi connectivity index (χ0v) is 14.4. The topological polar surface area (TPSA) is 0 Å². The lowest BCUT2D eigenvalue weighted by Gasteiger charge is -2.39. The maximum Gasteiger partial charge on any atom is -0.0202 e. The Morgan fingerprint density at radius 2 is 1.50 bits per heavy atom. The van der Waals surface area contributed by atoms with Crippen molar-refractivity contribution in [2.24, 2.45) is 34.0 Å². The molecule has 1 fully saturated rings. The van der Waals surface area contributed by atoms with Gasteiger partial charge in [0, 0.05) is 0 Å². The molecule has 0 aromatic heterocycles. The molecule has 0 aromatic carbocycles. The van der Waals surface area contributed by atoms with E-state index in [0.29, 0.717) is 16.2 Å². The minimum absolute atomic E-state index is 0.466. The van der Waals surface area contributed by atoms with Crippen molar-refractivity contribution in [3.8, 4) is 0 Å². The van der Waals surface area contributed by atoms with Crippen LogP contribution in [0, 0.1) is 34.0 Å². The molecule has 0 aliphatic heterocycles. The summed E-state index contributed by atoms with van der Waals surface area (Å²) in [6.07, 6.45) is 3.96. The quantitative estimate of drug-likeness (QED) is 0.531. The minimum atomic E-state index is 0.466. The van der Waals surface area contributed by atoms with Gasteiger partial charge in [-0.05, 0) is 34.0 Å². The van der Waals surface area contributed by atoms with E-state index in [1.807, 2.05) is 0 Å². The maximum absolute atomic E-state index is 2.58. The highest BCUT2D eigenvalue weighted by Crippen LogP contribution is 2.78. The number of hydrogen-bond acceptors (Lipinski definition) is 0. The Kier molecular flexibility index (Phi) is 4.31. The van der Waals surface area contributed by atoms with Crippen molar-refractivity contribution in [1.29, 1.82) is 0 Å². The molecule has 0 aromatic rings. The Bertz CT molecular complexity index is 290. The van der Waals surface area contributed by atoms with Gasteiger partial charge in [-0.15, -0.1) is 0 Å². The molecule has 5 atom stereocenters. The highest BCUT2D eigenvalue weighted by molar-refractivity contribution is 5.21. The van der Waals surface area contributed by atoms with E-state index >= 15 is 0 Å². The maximum atomic E-state index is 2.58. The van der Waals surface area contributed by atoms with Crippen LogP contribution in [-0.2, 0) is 0 Å². The summed E-state index contributed by atoms with van der Waals surface area (Å²) in [6.45, 7) is 22.2. The summed E-state index contributed by atoms with van der Waals surface area (Å²) >= 11 is 0. The second kappa shape index (κ2) is 4.84. The molecule has 0 saturated heterocycles. The second-order valence-corrected chi connectivity index (χ2v) is 7.90. The van der Waals surface area contributed by atoms with Gasteiger partial charge in [0.05, 0.1) is 0 Å². The zero-order valence-electron chi connectivity index (χ0n) is 14.4. The predicted molar refractivity (Wildman–Crippen MR) is 82.7 cm³/mol. The lowest BCUT2D eigenvalue weighted by molar-refractivity contribution is 0.0952. The van der Waals surface area contributed by atoms with Crippen molar-refractivity contribution in [2.75, 3.05) is 0 Å². The van der Waals surface area contributed by atoms with Crippen molar-refractivity contribution >= 4 is 0 Å². The average Bonchev–Trinajstić information content (AvgIpc) is 2.85. The fourth-order valence-corrected chi connectivity index (χ4v) is 5.00. The van der Waals surface area contributed by atoms with Crippen LogP contribution in [0.25, 0.3) is 0 Å². The van der Waals surface area contributed by atoms with Crippen LogP contribution < -0.4 is 0 Å². The third-order valence-corrected chi connectivity index (χ3v) is 7.55. The van der Waals surface area contributed by atoms with Crippen molar-refractivity contribution in [2.45, 2.75) is 81.6 Å². The zero-order chi connectivity index (χ0) is 14.4. The van der Waals surface area contributed by atoms with Gasteiger partial charge in [-0.2, -0.15) is 0 Å². The molecule has 0 amide bonds. The Hall–Kier alpha value is 0. The lowest BCUT2D eigenvalue weighted by Crippen LogP contribution is -2.32. The Balaban J connectivity index is 3.07. The summed E-state index contributed by atoms with van der Waals surface area (Å²) < 4.78 is 0. The van der Waals surface area contributed by atoms with Crippen LogP contribution in [0.1, 0.15) is 81.6 Å². The monoisotopic (exact) mass is 252 g/mol. The molecule has 18 heavy (non-hydrogen) atoms. The van der Waals surface area contributed by atoms with E-state index in [0.717, 1.165) is 17.8 Å². The summed E-state index contributed by atoms with van der Waals surface area (Å²) in [5.41, 5.74) is 1.56. The van der Waals surface area contributed by atoms with E-state index in [1.165, 1.54) is 19.3 Å². The van der Waals surface area contributed by atoms with Gasteiger partial charge in [-0.25, -0.2) is 0 Å². The molecule has 0 N–H and O–H groups in total. The standard InChI is InChI=1S/C18H36/c1-10-13(4)17(8)15(11-2)18(17,9)14(5)16(6,7)12-3/h13-15H,10-12H2,1-9H3. The summed E-state index contributed by atoms with van der Waals surface area (Å²) in [5, 5.41) is 0. The summed E-state index contributed by atoms with van der Waals surface area (Å²) in [7, 11) is 0. The van der Waals surface area contributed by atoms with E-state index in [4.69, 9.17) is 0 Å². The molecular weight excluding hydrogens is 216 g/mol. The molecule has 1 saturated carbocycles. The Morgan fingerprint density at radius 3 is 1.83 bits per heavy atom. The van der Waals surface area contributed by atoms with Gasteiger partial charge in [-0.1, -0.05) is 81.6 Å². The average molecular weight is 252 g/mol. The van der Waals surface area contributed by atoms with Crippen LogP contribution in [0.5, 0.6) is 0 Å². The van der Waals surface area contributed by atoms with Crippen LogP contribution in [-0.4, -0.2) is 0 Å². The molecule has 0 heterocycles. The SMILES string of the molecule is CCC(C)C1(C)C(CC)C1(C)C(C)C(C)(C)CC. The van der Waals surface area contributed by atoms with Crippen molar-refractivity contribution < 1.29 is 0 Å². The summed E-state index contributed by atoms with van der Waals surface area (Å²) in [6, 6.07) is 0. The first-order chi connectivity index (χ1) is 8.14.